The van der Waals surface area contributed by atoms with Crippen LogP contribution in [0.25, 0.3) is 6.08 Å². The van der Waals surface area contributed by atoms with E-state index in [1.807, 2.05) is 44.2 Å². The molecule has 0 spiro atoms. The van der Waals surface area contributed by atoms with Crippen LogP contribution >= 0.6 is 0 Å². The second-order valence-electron chi connectivity index (χ2n) is 8.99. The minimum Gasteiger partial charge on any atom is -0.484 e. The van der Waals surface area contributed by atoms with Gasteiger partial charge in [0.25, 0.3) is 11.8 Å². The second-order valence-corrected chi connectivity index (χ2v) is 8.99. The minimum absolute atomic E-state index is 0.0905. The van der Waals surface area contributed by atoms with Crippen LogP contribution in [0.2, 0.25) is 0 Å². The molecule has 190 valence electrons. The van der Waals surface area contributed by atoms with Crippen molar-refractivity contribution in [3.05, 3.63) is 82.6 Å². The Bertz CT molecular complexity index is 1130. The van der Waals surface area contributed by atoms with Crippen molar-refractivity contribution in [2.24, 2.45) is 5.92 Å². The number of amides is 2. The van der Waals surface area contributed by atoms with Crippen molar-refractivity contribution in [1.29, 1.82) is 0 Å². The summed E-state index contributed by atoms with van der Waals surface area (Å²) in [5.74, 6) is -0.125. The normalized spacial score (nSPS) is 14.5. The fourth-order valence-corrected chi connectivity index (χ4v) is 3.93. The van der Waals surface area contributed by atoms with Crippen molar-refractivity contribution in [1.82, 2.24) is 10.2 Å². The Morgan fingerprint density at radius 1 is 1.06 bits per heavy atom. The Morgan fingerprint density at radius 3 is 2.39 bits per heavy atom. The molecule has 0 aliphatic carbocycles. The molecule has 0 unspecified atom stereocenters. The molecule has 3 rings (SSSR count). The van der Waals surface area contributed by atoms with Gasteiger partial charge in [0.05, 0.1) is 17.8 Å². The van der Waals surface area contributed by atoms with Crippen LogP contribution in [0.1, 0.15) is 38.8 Å². The summed E-state index contributed by atoms with van der Waals surface area (Å²) in [5, 5.41) is 2.85. The third kappa shape index (κ3) is 7.07. The summed E-state index contributed by atoms with van der Waals surface area (Å²) in [6, 6.07) is 17.0. The molecular formula is C29H34N2O5. The van der Waals surface area contributed by atoms with E-state index in [1.165, 1.54) is 0 Å². The van der Waals surface area contributed by atoms with Gasteiger partial charge in [-0.25, -0.2) is 4.79 Å². The highest BCUT2D eigenvalue weighted by Crippen LogP contribution is 2.32. The molecular weight excluding hydrogens is 456 g/mol. The molecule has 0 atom stereocenters. The van der Waals surface area contributed by atoms with Crippen LogP contribution in [0.15, 0.2) is 71.4 Å². The zero-order valence-corrected chi connectivity index (χ0v) is 21.4. The standard InChI is InChI=1S/C29H34N2O5/c1-5-35-29(34)27-21(4)31(18-20(2)3)28(33)25(27)17-23-11-13-24(14-12-23)36-19-26(32)30-16-15-22-9-7-6-8-10-22/h6-14,17,20H,5,15-16,18-19H2,1-4H3,(H,30,32)/b25-17-. The van der Waals surface area contributed by atoms with E-state index in [2.05, 4.69) is 5.32 Å². The first-order valence-electron chi connectivity index (χ1n) is 12.3. The van der Waals surface area contributed by atoms with Gasteiger partial charge in [-0.2, -0.15) is 0 Å². The number of carbonyl (C=O) groups excluding carboxylic acids is 3. The number of hydrogen-bond donors (Lipinski definition) is 1. The molecule has 7 heteroatoms. The first kappa shape index (κ1) is 26.7. The highest BCUT2D eigenvalue weighted by atomic mass is 16.5. The van der Waals surface area contributed by atoms with Crippen molar-refractivity contribution in [3.8, 4) is 5.75 Å². The lowest BCUT2D eigenvalue weighted by molar-refractivity contribution is -0.138. The van der Waals surface area contributed by atoms with Crippen molar-refractivity contribution in [2.45, 2.75) is 34.1 Å². The van der Waals surface area contributed by atoms with Gasteiger partial charge >= 0.3 is 5.97 Å². The molecule has 0 fully saturated rings. The maximum atomic E-state index is 13.1. The third-order valence-corrected chi connectivity index (χ3v) is 5.68. The molecule has 0 saturated carbocycles. The predicted molar refractivity (Wildman–Crippen MR) is 139 cm³/mol. The summed E-state index contributed by atoms with van der Waals surface area (Å²) in [5.41, 5.74) is 3.12. The van der Waals surface area contributed by atoms with Gasteiger partial charge in [-0.05, 0) is 55.5 Å². The molecule has 0 bridgehead atoms. The van der Waals surface area contributed by atoms with E-state index >= 15 is 0 Å². The van der Waals surface area contributed by atoms with Gasteiger partial charge in [-0.3, -0.25) is 9.59 Å². The maximum absolute atomic E-state index is 13.1. The number of nitrogens with zero attached hydrogens (tertiary/aromatic N) is 1. The highest BCUT2D eigenvalue weighted by molar-refractivity contribution is 6.16. The average Bonchev–Trinajstić information content (AvgIpc) is 3.08. The van der Waals surface area contributed by atoms with Crippen molar-refractivity contribution in [2.75, 3.05) is 26.3 Å². The van der Waals surface area contributed by atoms with E-state index in [1.54, 1.807) is 49.1 Å². The molecule has 2 aromatic carbocycles. The fourth-order valence-electron chi connectivity index (χ4n) is 3.93. The van der Waals surface area contributed by atoms with Crippen molar-refractivity contribution >= 4 is 23.9 Å². The average molecular weight is 491 g/mol. The van der Waals surface area contributed by atoms with Crippen LogP contribution in [-0.2, 0) is 25.5 Å². The fraction of sp³-hybridized carbons (Fsp3) is 0.345. The van der Waals surface area contributed by atoms with Crippen LogP contribution in [0.3, 0.4) is 0 Å². The monoisotopic (exact) mass is 490 g/mol. The zero-order chi connectivity index (χ0) is 26.1. The lowest BCUT2D eigenvalue weighted by Gasteiger charge is -2.19. The lowest BCUT2D eigenvalue weighted by atomic mass is 10.0. The number of benzene rings is 2. The number of ether oxygens (including phenoxy) is 2. The van der Waals surface area contributed by atoms with Crippen LogP contribution in [0, 0.1) is 5.92 Å². The number of allylic oxidation sites excluding steroid dienone is 1. The lowest BCUT2D eigenvalue weighted by Crippen LogP contribution is -2.30. The second kappa shape index (κ2) is 12.7. The first-order valence-corrected chi connectivity index (χ1v) is 12.3. The Labute approximate surface area is 212 Å². The summed E-state index contributed by atoms with van der Waals surface area (Å²) in [4.78, 5) is 39.5. The molecule has 2 aromatic rings. The van der Waals surface area contributed by atoms with Crippen LogP contribution in [-0.4, -0.2) is 49.0 Å². The Hall–Kier alpha value is -3.87. The molecule has 36 heavy (non-hydrogen) atoms. The molecule has 2 amide bonds. The van der Waals surface area contributed by atoms with Crippen LogP contribution in [0.5, 0.6) is 5.75 Å². The predicted octanol–water partition coefficient (Wildman–Crippen LogP) is 4.14. The van der Waals surface area contributed by atoms with Gasteiger partial charge in [0.1, 0.15) is 5.75 Å². The molecule has 0 saturated heterocycles. The van der Waals surface area contributed by atoms with Crippen LogP contribution in [0.4, 0.5) is 0 Å². The first-order chi connectivity index (χ1) is 17.3. The molecule has 0 radical (unpaired) electrons. The van der Waals surface area contributed by atoms with Crippen molar-refractivity contribution < 1.29 is 23.9 Å². The minimum atomic E-state index is -0.501. The van der Waals surface area contributed by atoms with Gasteiger partial charge in [-0.1, -0.05) is 56.3 Å². The summed E-state index contributed by atoms with van der Waals surface area (Å²) in [7, 11) is 0. The van der Waals surface area contributed by atoms with Gasteiger partial charge in [0.2, 0.25) is 0 Å². The largest absolute Gasteiger partial charge is 0.484 e. The molecule has 7 nitrogen and oxygen atoms in total. The molecule has 1 N–H and O–H groups in total. The van der Waals surface area contributed by atoms with E-state index in [0.717, 1.165) is 17.5 Å². The van der Waals surface area contributed by atoms with Crippen LogP contribution < -0.4 is 10.1 Å². The Morgan fingerprint density at radius 2 is 1.75 bits per heavy atom. The zero-order valence-electron chi connectivity index (χ0n) is 21.4. The Kier molecular flexibility index (Phi) is 9.45. The van der Waals surface area contributed by atoms with Gasteiger partial charge in [-0.15, -0.1) is 0 Å². The number of nitrogens with one attached hydrogen (secondary N) is 1. The summed E-state index contributed by atoms with van der Waals surface area (Å²) < 4.78 is 10.8. The van der Waals surface area contributed by atoms with Crippen molar-refractivity contribution in [3.63, 3.8) is 0 Å². The Balaban J connectivity index is 1.62. The summed E-state index contributed by atoms with van der Waals surface area (Å²) in [6.07, 6.45) is 2.45. The molecule has 0 aromatic heterocycles. The number of esters is 1. The third-order valence-electron chi connectivity index (χ3n) is 5.68. The summed E-state index contributed by atoms with van der Waals surface area (Å²) >= 11 is 0. The van der Waals surface area contributed by atoms with E-state index < -0.39 is 5.97 Å². The van der Waals surface area contributed by atoms with Gasteiger partial charge in [0.15, 0.2) is 6.61 Å². The maximum Gasteiger partial charge on any atom is 0.340 e. The number of hydrogen-bond acceptors (Lipinski definition) is 5. The van der Waals surface area contributed by atoms with E-state index in [9.17, 15) is 14.4 Å². The van der Waals surface area contributed by atoms with Gasteiger partial charge < -0.3 is 19.7 Å². The molecule has 1 heterocycles. The SMILES string of the molecule is CCOC(=O)C1=C(C)N(CC(C)C)C(=O)/C1=C\c1ccc(OCC(=O)NCCc2ccccc2)cc1. The molecule has 1 aliphatic rings. The quantitative estimate of drug-likeness (QED) is 0.378. The van der Waals surface area contributed by atoms with Gasteiger partial charge in [0, 0.05) is 18.8 Å². The number of carbonyl (C=O) groups is 3. The smallest absolute Gasteiger partial charge is 0.340 e. The van der Waals surface area contributed by atoms with E-state index in [-0.39, 0.29) is 30.9 Å². The van der Waals surface area contributed by atoms with E-state index in [4.69, 9.17) is 9.47 Å². The highest BCUT2D eigenvalue weighted by Gasteiger charge is 2.37. The van der Waals surface area contributed by atoms with E-state index in [0.29, 0.717) is 35.7 Å². The number of rotatable bonds is 11. The topological polar surface area (TPSA) is 84.9 Å². The molecule has 1 aliphatic heterocycles. The summed E-state index contributed by atoms with van der Waals surface area (Å²) in [6.45, 7) is 8.75.